The molecule has 12 fully saturated rings. The third-order valence-corrected chi connectivity index (χ3v) is 39.0. The molecule has 16 nitrogen and oxygen atoms in total. The Labute approximate surface area is 725 Å². The molecule has 2 aliphatic heterocycles. The molecule has 16 heteroatoms. The van der Waals surface area contributed by atoms with E-state index in [4.69, 9.17) is 58.4 Å². The second-order valence-corrected chi connectivity index (χ2v) is 43.1. The first-order chi connectivity index (χ1) is 58.2. The van der Waals surface area contributed by atoms with Crippen molar-refractivity contribution in [3.8, 4) is 0 Å². The largest absolute Gasteiger partial charge is 0.544 e. The fourth-order valence-electron chi connectivity index (χ4n) is 33.6. The lowest BCUT2D eigenvalue weighted by molar-refractivity contribution is -0.242. The van der Waals surface area contributed by atoms with E-state index in [1.54, 1.807) is 24.3 Å². The third kappa shape index (κ3) is 11.2. The molecule has 2 heterocycles. The Balaban J connectivity index is 0.000000116. The zero-order chi connectivity index (χ0) is 86.9. The van der Waals surface area contributed by atoms with E-state index in [0.29, 0.717) is 147 Å². The Kier molecular flexibility index (Phi) is 20.9. The van der Waals surface area contributed by atoms with Gasteiger partial charge in [-0.3, -0.25) is 19.2 Å². The molecule has 0 radical (unpaired) electrons. The molecule has 18 aliphatic carbocycles. The van der Waals surface area contributed by atoms with Crippen molar-refractivity contribution in [3.63, 3.8) is 0 Å². The van der Waals surface area contributed by atoms with Gasteiger partial charge in [-0.15, -0.1) is 26.3 Å². The van der Waals surface area contributed by atoms with Crippen LogP contribution in [0.1, 0.15) is 248 Å². The standard InChI is InChI=1S/C29H36N2O3.C27H32N2O2.C26H31NO3.C24H27NO2/c1-7-13-27(14-8-2)23-10-9-20-21(25(23,3)19-28(30-5,31-6)24(27)32)11-15-26(4)22(20)12-16-29(26)33-17-18-34-29;1-7-14-26(15-8-2)21-11-9-18-19-10-12-22(30)24(19,3)16-13-20(18)25(21,4)17-27(28-5,29-6)23(26)31;1-23-16-20(27-3)22(28)25(10-4-5-11-25)21(23)7-6-17-18(23)8-12-24(2)19(17)9-13-26(24)29-14-15-30-26;1-22-13-10-17-15(16(22)7-9-20(22)26)6-8-19-23(17,2)14-18(25-3)21(27)24(19)11-4-5-12-24/h7-8,10,20-22H,1-2,9,11-19H2,3-4H3;7-8,11,18-20H,1-2,9-10,12-17H2,3-4H3;4-5,7,16-19H,6,8-15H2,1-2H3;4-5,8,14-17H,6-7,9-13H2,1-2H3/t20-,21+,22+,25-,26+;18-,19-,20-,24-,25+;17-,18+,19+,23-,24+;15-,16-,17-,22-,23+/m1010/s1. The number of Topliss-reactive ketones (excluding diaryl/α,β-unsaturated/α-hetero) is 6. The molecule has 0 amide bonds. The lowest BCUT2D eigenvalue weighted by Crippen LogP contribution is -2.62. The Morgan fingerprint density at radius 1 is 0.377 bits per heavy atom. The zero-order valence-corrected chi connectivity index (χ0v) is 73.6. The smallest absolute Gasteiger partial charge is 0.347 e. The van der Waals surface area contributed by atoms with Gasteiger partial charge in [-0.25, -0.2) is 55.4 Å². The second kappa shape index (κ2) is 29.7. The summed E-state index contributed by atoms with van der Waals surface area (Å²) in [4.78, 5) is 102. The summed E-state index contributed by atoms with van der Waals surface area (Å²) in [5.41, 5.74) is -2.20. The van der Waals surface area contributed by atoms with Gasteiger partial charge in [0.05, 0.1) is 61.2 Å². The number of fused-ring (bicyclic) bond motifs is 24. The van der Waals surface area contributed by atoms with Gasteiger partial charge >= 0.3 is 22.9 Å². The molecule has 4 spiro atoms. The van der Waals surface area contributed by atoms with E-state index in [1.807, 2.05) is 6.08 Å². The van der Waals surface area contributed by atoms with Crippen LogP contribution in [0.15, 0.2) is 145 Å². The van der Waals surface area contributed by atoms with Crippen LogP contribution in [0.2, 0.25) is 0 Å². The summed E-state index contributed by atoms with van der Waals surface area (Å²) in [6, 6.07) is 0. The van der Waals surface area contributed by atoms with Crippen molar-refractivity contribution in [2.24, 2.45) is 136 Å². The van der Waals surface area contributed by atoms with Crippen LogP contribution < -0.4 is 0 Å². The fraction of sp³-hybridized carbons (Fsp3) is 0.660. The average Bonchev–Trinajstić information content (AvgIpc) is 1.61. The number of nitrogens with zero attached hydrogens (tertiary/aromatic N) is 6. The minimum Gasteiger partial charge on any atom is -0.347 e. The molecule has 10 saturated carbocycles. The number of ether oxygens (including phenoxy) is 4. The minimum atomic E-state index is -1.69. The third-order valence-electron chi connectivity index (χ3n) is 39.0. The highest BCUT2D eigenvalue weighted by Crippen LogP contribution is 2.76. The topological polar surface area (TPSA) is 166 Å². The Morgan fingerprint density at radius 3 is 1.02 bits per heavy atom. The molecule has 0 aromatic rings. The van der Waals surface area contributed by atoms with Crippen molar-refractivity contribution in [2.45, 2.75) is 271 Å². The van der Waals surface area contributed by atoms with E-state index in [9.17, 15) is 28.8 Å². The highest BCUT2D eigenvalue weighted by Gasteiger charge is 2.78. The zero-order valence-electron chi connectivity index (χ0n) is 73.6. The molecule has 20 aliphatic rings. The van der Waals surface area contributed by atoms with Crippen LogP contribution in [-0.4, -0.2) is 84.0 Å². The Bertz CT molecular complexity index is 5030. The van der Waals surface area contributed by atoms with Crippen LogP contribution in [0.5, 0.6) is 0 Å². The molecule has 0 N–H and O–H groups in total. The predicted octanol–water partition coefficient (Wildman–Crippen LogP) is 22.4. The molecule has 20 rings (SSSR count). The van der Waals surface area contributed by atoms with Gasteiger partial charge in [-0.05, 0) is 225 Å². The minimum absolute atomic E-state index is 0.0210. The van der Waals surface area contributed by atoms with Gasteiger partial charge in [0.15, 0.2) is 23.1 Å². The summed E-state index contributed by atoms with van der Waals surface area (Å²) in [6.07, 6.45) is 53.6. The molecule has 20 atom stereocenters. The first-order valence-corrected chi connectivity index (χ1v) is 46.3. The van der Waals surface area contributed by atoms with Gasteiger partial charge in [-0.2, -0.15) is 0 Å². The van der Waals surface area contributed by atoms with Crippen LogP contribution in [0.3, 0.4) is 0 Å². The van der Waals surface area contributed by atoms with Gasteiger partial charge in [0, 0.05) is 69.0 Å². The van der Waals surface area contributed by atoms with Crippen LogP contribution in [0, 0.1) is 175 Å². The number of ketones is 6. The number of rotatable bonds is 8. The van der Waals surface area contributed by atoms with Crippen molar-refractivity contribution in [3.05, 3.63) is 214 Å². The van der Waals surface area contributed by atoms with Crippen LogP contribution in [0.4, 0.5) is 0 Å². The number of hydrogen-bond acceptors (Lipinski definition) is 10. The summed E-state index contributed by atoms with van der Waals surface area (Å²) in [5, 5.41) is 0. The molecule has 122 heavy (non-hydrogen) atoms. The first kappa shape index (κ1) is 85.8. The normalized spacial score (nSPS) is 42.3. The molecule has 0 aromatic carbocycles. The van der Waals surface area contributed by atoms with Crippen molar-refractivity contribution < 1.29 is 47.7 Å². The van der Waals surface area contributed by atoms with Gasteiger partial charge in [0.25, 0.3) is 0 Å². The predicted molar refractivity (Wildman–Crippen MR) is 467 cm³/mol. The first-order valence-electron chi connectivity index (χ1n) is 46.3. The summed E-state index contributed by atoms with van der Waals surface area (Å²) >= 11 is 0. The average molecular weight is 1640 g/mol. The van der Waals surface area contributed by atoms with E-state index in [2.05, 4.69) is 165 Å². The maximum absolute atomic E-state index is 14.0. The number of carbonyl (C=O) groups excluding carboxylic acids is 6. The van der Waals surface area contributed by atoms with E-state index < -0.39 is 44.2 Å². The van der Waals surface area contributed by atoms with E-state index >= 15 is 0 Å². The molecule has 2 saturated heterocycles. The summed E-state index contributed by atoms with van der Waals surface area (Å²) in [5.74, 6) is 4.81. The fourth-order valence-corrected chi connectivity index (χ4v) is 33.6. The molecule has 0 bridgehead atoms. The summed E-state index contributed by atoms with van der Waals surface area (Å²) in [7, 11) is 0. The van der Waals surface area contributed by atoms with E-state index in [0.717, 1.165) is 159 Å². The summed E-state index contributed by atoms with van der Waals surface area (Å²) < 4.78 is 25.1. The quantitative estimate of drug-likeness (QED) is 0.169. The number of allylic oxidation sites excluding steroid dienone is 20. The van der Waals surface area contributed by atoms with E-state index in [-0.39, 0.29) is 85.6 Å². The molecular formula is C106H126N6O10. The second-order valence-electron chi connectivity index (χ2n) is 43.1. The molecule has 0 unspecified atom stereocenters. The van der Waals surface area contributed by atoms with Crippen molar-refractivity contribution >= 4 is 34.7 Å². The van der Waals surface area contributed by atoms with E-state index in [1.165, 1.54) is 11.1 Å². The highest BCUT2D eigenvalue weighted by atomic mass is 16.7. The maximum Gasteiger partial charge on any atom is 0.544 e. The Hall–Kier alpha value is -8.32. The molecule has 640 valence electrons. The lowest BCUT2D eigenvalue weighted by Gasteiger charge is -2.60. The van der Waals surface area contributed by atoms with Gasteiger partial charge in [-0.1, -0.05) is 163 Å². The molecule has 0 aromatic heterocycles. The lowest BCUT2D eigenvalue weighted by atomic mass is 9.42. The number of carbonyl (C=O) groups is 6. The van der Waals surface area contributed by atoms with Crippen molar-refractivity contribution in [1.29, 1.82) is 0 Å². The Morgan fingerprint density at radius 2 is 0.672 bits per heavy atom. The highest BCUT2D eigenvalue weighted by molar-refractivity contribution is 6.07. The number of hydrogen-bond donors (Lipinski definition) is 0. The van der Waals surface area contributed by atoms with Crippen molar-refractivity contribution in [1.82, 2.24) is 0 Å². The van der Waals surface area contributed by atoms with Crippen LogP contribution in [-0.2, 0) is 47.7 Å². The SMILES string of the molecule is [C-]#[N+]C1([N+]#[C-])C[C@@]2(C)C(=CC[C@@H]3[C@@H]2CC[C@@]2(C)[C@H]3CCC23OCCO3)C(CC=C)(CC=C)C1=O.[C-]#[N+]C1([N+]#[C-])C[C@@]2(C)C(=CC[C@@H]3[C@@H]2CC[C@]2(C)C(=O)CC[C@@H]32)C(CC=C)(CC=C)C1=O.[C-]#[N+]C1=C[C@@]2(C)C(=CC[C@@H]3[C@@H]2CC[C@@]2(C)[C@H]3CCC23OCCO3)C2(CC=CC2)C1=O.[C-]#[N+]C1=C[C@@]2(C)C(=CC[C@@H]3[C@@H]2CC[C@]2(C)C(=O)CC[C@@H]32)C2(CC=CC2)C1=O. The molecular weight excluding hydrogens is 1520 g/mol. The van der Waals surface area contributed by atoms with Crippen molar-refractivity contribution in [2.75, 3.05) is 26.4 Å². The summed E-state index contributed by atoms with van der Waals surface area (Å²) in [6.45, 7) is 83.7. The van der Waals surface area contributed by atoms with Crippen LogP contribution in [0.25, 0.3) is 29.1 Å². The van der Waals surface area contributed by atoms with Gasteiger partial charge in [0.1, 0.15) is 24.4 Å². The van der Waals surface area contributed by atoms with Gasteiger partial charge < -0.3 is 28.5 Å². The van der Waals surface area contributed by atoms with Gasteiger partial charge in [0.2, 0.25) is 11.4 Å². The van der Waals surface area contributed by atoms with Crippen LogP contribution >= 0.6 is 0 Å². The monoisotopic (exact) mass is 1640 g/mol. The maximum atomic E-state index is 14.0.